The summed E-state index contributed by atoms with van der Waals surface area (Å²) in [5, 5.41) is 9.88. The van der Waals surface area contributed by atoms with E-state index in [1.165, 1.54) is 5.69 Å². The van der Waals surface area contributed by atoms with E-state index in [9.17, 15) is 0 Å². The first-order valence-corrected chi connectivity index (χ1v) is 9.70. The first kappa shape index (κ1) is 19.2. The van der Waals surface area contributed by atoms with Crippen LogP contribution in [0.25, 0.3) is 0 Å². The second-order valence-electron chi connectivity index (χ2n) is 6.20. The van der Waals surface area contributed by atoms with Crippen molar-refractivity contribution in [3.05, 3.63) is 46.4 Å². The Labute approximate surface area is 155 Å². The molecule has 0 fully saturated rings. The topological polar surface area (TPSA) is 52.6 Å². The van der Waals surface area contributed by atoms with E-state index in [4.69, 9.17) is 0 Å². The fourth-order valence-electron chi connectivity index (χ4n) is 2.30. The van der Waals surface area contributed by atoms with Gasteiger partial charge in [-0.3, -0.25) is 0 Å². The van der Waals surface area contributed by atoms with E-state index in [0.29, 0.717) is 12.5 Å². The SMILES string of the molecule is CCNC(=NCc1nc(C(C)C)cs1)NCCN(C)c1ccccc1. The molecule has 1 heterocycles. The molecule has 25 heavy (non-hydrogen) atoms. The van der Waals surface area contributed by atoms with E-state index in [2.05, 4.69) is 83.0 Å². The quantitative estimate of drug-likeness (QED) is 0.560. The first-order valence-electron chi connectivity index (χ1n) is 8.82. The number of likely N-dealkylation sites (N-methyl/N-ethyl adjacent to an activating group) is 1. The summed E-state index contributed by atoms with van der Waals surface area (Å²) in [4.78, 5) is 11.5. The lowest BCUT2D eigenvalue weighted by atomic mass is 10.2. The number of guanidine groups is 1. The number of anilines is 1. The molecule has 5 nitrogen and oxygen atoms in total. The fraction of sp³-hybridized carbons (Fsp3) is 0.474. The Hall–Kier alpha value is -2.08. The molecule has 0 bridgehead atoms. The van der Waals surface area contributed by atoms with Crippen molar-refractivity contribution in [3.63, 3.8) is 0 Å². The van der Waals surface area contributed by atoms with E-state index < -0.39 is 0 Å². The monoisotopic (exact) mass is 359 g/mol. The summed E-state index contributed by atoms with van der Waals surface area (Å²) in [7, 11) is 2.10. The van der Waals surface area contributed by atoms with Crippen molar-refractivity contribution in [1.29, 1.82) is 0 Å². The molecule has 0 saturated carbocycles. The molecular formula is C19H29N5S. The van der Waals surface area contributed by atoms with Gasteiger partial charge in [0.1, 0.15) is 5.01 Å². The predicted molar refractivity (Wildman–Crippen MR) is 109 cm³/mol. The lowest BCUT2D eigenvalue weighted by molar-refractivity contribution is 0.778. The zero-order chi connectivity index (χ0) is 18.1. The van der Waals surface area contributed by atoms with Crippen LogP contribution in [0.15, 0.2) is 40.7 Å². The maximum atomic E-state index is 4.65. The molecule has 0 amide bonds. The number of nitrogens with zero attached hydrogens (tertiary/aromatic N) is 3. The van der Waals surface area contributed by atoms with E-state index in [1.54, 1.807) is 11.3 Å². The number of hydrogen-bond donors (Lipinski definition) is 2. The number of aromatic nitrogens is 1. The molecule has 6 heteroatoms. The third-order valence-electron chi connectivity index (χ3n) is 3.81. The van der Waals surface area contributed by atoms with E-state index in [1.807, 2.05) is 6.07 Å². The molecule has 0 aliphatic heterocycles. The van der Waals surface area contributed by atoms with Gasteiger partial charge in [-0.25, -0.2) is 9.98 Å². The fourth-order valence-corrected chi connectivity index (χ4v) is 3.18. The Kier molecular flexibility index (Phi) is 7.73. The summed E-state index contributed by atoms with van der Waals surface area (Å²) in [5.41, 5.74) is 2.37. The van der Waals surface area contributed by atoms with Gasteiger partial charge in [0.2, 0.25) is 0 Å². The van der Waals surface area contributed by atoms with Crippen LogP contribution in [0.1, 0.15) is 37.4 Å². The highest BCUT2D eigenvalue weighted by Gasteiger charge is 2.06. The lowest BCUT2D eigenvalue weighted by Gasteiger charge is -2.20. The molecule has 1 aromatic carbocycles. The molecule has 2 rings (SSSR count). The minimum Gasteiger partial charge on any atom is -0.373 e. The summed E-state index contributed by atoms with van der Waals surface area (Å²) in [6.45, 7) is 9.59. The van der Waals surface area contributed by atoms with Gasteiger partial charge in [-0.1, -0.05) is 32.0 Å². The van der Waals surface area contributed by atoms with Gasteiger partial charge < -0.3 is 15.5 Å². The van der Waals surface area contributed by atoms with Crippen molar-refractivity contribution in [1.82, 2.24) is 15.6 Å². The molecule has 0 saturated heterocycles. The van der Waals surface area contributed by atoms with Crippen molar-refractivity contribution in [2.45, 2.75) is 33.2 Å². The van der Waals surface area contributed by atoms with Crippen LogP contribution >= 0.6 is 11.3 Å². The molecule has 0 unspecified atom stereocenters. The van der Waals surface area contributed by atoms with Crippen molar-refractivity contribution < 1.29 is 0 Å². The number of rotatable bonds is 8. The van der Waals surface area contributed by atoms with Crippen molar-refractivity contribution in [2.24, 2.45) is 4.99 Å². The van der Waals surface area contributed by atoms with Gasteiger partial charge >= 0.3 is 0 Å². The van der Waals surface area contributed by atoms with Gasteiger partial charge in [0.05, 0.1) is 12.2 Å². The summed E-state index contributed by atoms with van der Waals surface area (Å²) < 4.78 is 0. The van der Waals surface area contributed by atoms with Crippen LogP contribution in [0.4, 0.5) is 5.69 Å². The lowest BCUT2D eigenvalue weighted by Crippen LogP contribution is -2.41. The second-order valence-corrected chi connectivity index (χ2v) is 7.14. The predicted octanol–water partition coefficient (Wildman–Crippen LogP) is 3.46. The molecule has 1 aromatic heterocycles. The third kappa shape index (κ3) is 6.38. The first-order chi connectivity index (χ1) is 12.1. The van der Waals surface area contributed by atoms with Crippen LogP contribution in [-0.2, 0) is 6.54 Å². The van der Waals surface area contributed by atoms with Crippen LogP contribution in [0.5, 0.6) is 0 Å². The summed E-state index contributed by atoms with van der Waals surface area (Å²) in [6.07, 6.45) is 0. The highest BCUT2D eigenvalue weighted by molar-refractivity contribution is 7.09. The summed E-state index contributed by atoms with van der Waals surface area (Å²) in [5.74, 6) is 1.30. The minimum atomic E-state index is 0.467. The Morgan fingerprint density at radius 1 is 1.24 bits per heavy atom. The van der Waals surface area contributed by atoms with Crippen LogP contribution in [0.2, 0.25) is 0 Å². The Bertz CT molecular complexity index is 651. The number of aliphatic imine (C=N–C) groups is 1. The highest BCUT2D eigenvalue weighted by atomic mass is 32.1. The molecule has 0 atom stereocenters. The molecule has 0 radical (unpaired) electrons. The van der Waals surface area contributed by atoms with Crippen LogP contribution in [0, 0.1) is 0 Å². The average Bonchev–Trinajstić information content (AvgIpc) is 3.09. The standard InChI is InChI=1S/C19H29N5S/c1-5-20-19(22-13-18-23-17(14-25-18)15(2)3)21-11-12-24(4)16-9-7-6-8-10-16/h6-10,14-15H,5,11-13H2,1-4H3,(H2,20,21,22). The van der Waals surface area contributed by atoms with Gasteiger partial charge in [0, 0.05) is 37.7 Å². The van der Waals surface area contributed by atoms with Crippen LogP contribution in [0.3, 0.4) is 0 Å². The Morgan fingerprint density at radius 2 is 2.00 bits per heavy atom. The van der Waals surface area contributed by atoms with Crippen molar-refractivity contribution in [2.75, 3.05) is 31.6 Å². The average molecular weight is 360 g/mol. The summed E-state index contributed by atoms with van der Waals surface area (Å²) in [6, 6.07) is 10.4. The highest BCUT2D eigenvalue weighted by Crippen LogP contribution is 2.18. The van der Waals surface area contributed by atoms with Gasteiger partial charge in [0.25, 0.3) is 0 Å². The molecule has 2 aromatic rings. The normalized spacial score (nSPS) is 11.6. The molecule has 136 valence electrons. The molecule has 0 aliphatic carbocycles. The minimum absolute atomic E-state index is 0.467. The van der Waals surface area contributed by atoms with Crippen molar-refractivity contribution >= 4 is 23.0 Å². The van der Waals surface area contributed by atoms with E-state index in [0.717, 1.165) is 36.3 Å². The van der Waals surface area contributed by atoms with Crippen LogP contribution in [-0.4, -0.2) is 37.6 Å². The van der Waals surface area contributed by atoms with Gasteiger partial charge in [-0.05, 0) is 25.0 Å². The number of nitrogens with one attached hydrogen (secondary N) is 2. The Morgan fingerprint density at radius 3 is 2.64 bits per heavy atom. The number of para-hydroxylation sites is 1. The van der Waals surface area contributed by atoms with Gasteiger partial charge in [-0.15, -0.1) is 11.3 Å². The number of benzene rings is 1. The van der Waals surface area contributed by atoms with E-state index >= 15 is 0 Å². The smallest absolute Gasteiger partial charge is 0.191 e. The number of hydrogen-bond acceptors (Lipinski definition) is 4. The zero-order valence-corrected chi connectivity index (χ0v) is 16.4. The van der Waals surface area contributed by atoms with Gasteiger partial charge in [0.15, 0.2) is 5.96 Å². The Balaban J connectivity index is 1.84. The molecule has 0 spiro atoms. The molecular weight excluding hydrogens is 330 g/mol. The molecule has 0 aliphatic rings. The zero-order valence-electron chi connectivity index (χ0n) is 15.6. The van der Waals surface area contributed by atoms with Crippen LogP contribution < -0.4 is 15.5 Å². The largest absolute Gasteiger partial charge is 0.373 e. The maximum Gasteiger partial charge on any atom is 0.191 e. The van der Waals surface area contributed by atoms with Crippen molar-refractivity contribution in [3.8, 4) is 0 Å². The van der Waals surface area contributed by atoms with Gasteiger partial charge in [-0.2, -0.15) is 0 Å². The maximum absolute atomic E-state index is 4.65. The molecule has 2 N–H and O–H groups in total. The number of thiazole rings is 1. The summed E-state index contributed by atoms with van der Waals surface area (Å²) >= 11 is 1.68. The second kappa shape index (κ2) is 10.0. The third-order valence-corrected chi connectivity index (χ3v) is 4.67. The van der Waals surface area contributed by atoms with E-state index in [-0.39, 0.29) is 0 Å².